The van der Waals surface area contributed by atoms with E-state index in [0.29, 0.717) is 5.56 Å². The Morgan fingerprint density at radius 1 is 0.900 bits per heavy atom. The van der Waals surface area contributed by atoms with Crippen molar-refractivity contribution in [1.29, 1.82) is 0 Å². The van der Waals surface area contributed by atoms with Crippen molar-refractivity contribution < 1.29 is 25.8 Å². The van der Waals surface area contributed by atoms with E-state index in [4.69, 9.17) is 0 Å². The Kier molecular flexibility index (Phi) is 4.45. The van der Waals surface area contributed by atoms with Gasteiger partial charge < -0.3 is 4.18 Å². The molecule has 1 fully saturated rings. The Morgan fingerprint density at radius 2 is 1.57 bits per heavy atom. The molecule has 0 saturated heterocycles. The van der Waals surface area contributed by atoms with Gasteiger partial charge in [-0.25, -0.2) is 0 Å². The van der Waals surface area contributed by atoms with Gasteiger partial charge >= 0.3 is 15.6 Å². The van der Waals surface area contributed by atoms with Crippen LogP contribution in [0.3, 0.4) is 0 Å². The maximum Gasteiger partial charge on any atom is 0.534 e. The molecule has 0 heterocycles. The minimum absolute atomic E-state index is 0.0276. The zero-order chi connectivity index (χ0) is 21.3. The van der Waals surface area contributed by atoms with Gasteiger partial charge in [0.25, 0.3) is 0 Å². The van der Waals surface area contributed by atoms with E-state index in [0.717, 1.165) is 51.2 Å². The number of fused-ring (bicyclic) bond motifs is 6. The smallest absolute Gasteiger partial charge is 0.376 e. The quantitative estimate of drug-likeness (QED) is 0.293. The minimum atomic E-state index is -5.70. The van der Waals surface area contributed by atoms with Crippen LogP contribution in [0, 0.1) is 0 Å². The highest BCUT2D eigenvalue weighted by atomic mass is 79.9. The predicted octanol–water partition coefficient (Wildman–Crippen LogP) is 6.86. The molecule has 30 heavy (non-hydrogen) atoms. The molecule has 0 aliphatic heterocycles. The summed E-state index contributed by atoms with van der Waals surface area (Å²) < 4.78 is 67.4. The third kappa shape index (κ3) is 3.12. The van der Waals surface area contributed by atoms with Gasteiger partial charge in [0.1, 0.15) is 5.75 Å². The molecular weight excluding hydrogens is 481 g/mol. The van der Waals surface area contributed by atoms with Crippen LogP contribution < -0.4 is 4.18 Å². The average molecular weight is 497 g/mol. The van der Waals surface area contributed by atoms with E-state index in [-0.39, 0.29) is 17.6 Å². The van der Waals surface area contributed by atoms with E-state index in [2.05, 4.69) is 26.2 Å². The number of hydrogen-bond donors (Lipinski definition) is 0. The molecule has 3 nitrogen and oxygen atoms in total. The van der Waals surface area contributed by atoms with Gasteiger partial charge in [0, 0.05) is 10.0 Å². The second-order valence-electron chi connectivity index (χ2n) is 7.83. The third-order valence-electron chi connectivity index (χ3n) is 6.09. The van der Waals surface area contributed by atoms with E-state index < -0.39 is 15.6 Å². The highest BCUT2D eigenvalue weighted by Gasteiger charge is 2.50. The lowest BCUT2D eigenvalue weighted by molar-refractivity contribution is -0.0500. The van der Waals surface area contributed by atoms with E-state index in [1.54, 1.807) is 6.07 Å². The van der Waals surface area contributed by atoms with Crippen LogP contribution in [0.2, 0.25) is 0 Å². The number of alkyl halides is 3. The van der Waals surface area contributed by atoms with Crippen molar-refractivity contribution in [2.24, 2.45) is 0 Å². The molecule has 5 rings (SSSR count). The van der Waals surface area contributed by atoms with Gasteiger partial charge in [-0.2, -0.15) is 21.6 Å². The molecular formula is C22H16BrF3O3S. The van der Waals surface area contributed by atoms with Crippen LogP contribution in [-0.2, 0) is 10.1 Å². The summed E-state index contributed by atoms with van der Waals surface area (Å²) in [6, 6.07) is 15.1. The molecule has 8 heteroatoms. The van der Waals surface area contributed by atoms with Crippen LogP contribution in [0.25, 0.3) is 21.9 Å². The van der Waals surface area contributed by atoms with Gasteiger partial charge in [-0.15, -0.1) is 0 Å². The molecule has 2 bridgehead atoms. The topological polar surface area (TPSA) is 43.4 Å². The van der Waals surface area contributed by atoms with Crippen molar-refractivity contribution in [3.63, 3.8) is 0 Å². The predicted molar refractivity (Wildman–Crippen MR) is 112 cm³/mol. The fourth-order valence-electron chi connectivity index (χ4n) is 4.86. The summed E-state index contributed by atoms with van der Waals surface area (Å²) in [6.45, 7) is 0. The van der Waals surface area contributed by atoms with Crippen LogP contribution in [0.4, 0.5) is 13.2 Å². The molecule has 0 aromatic heterocycles. The number of halogens is 4. The maximum atomic E-state index is 12.9. The van der Waals surface area contributed by atoms with Gasteiger partial charge in [-0.3, -0.25) is 0 Å². The molecule has 1 saturated carbocycles. The highest BCUT2D eigenvalue weighted by Crippen LogP contribution is 2.58. The maximum absolute atomic E-state index is 12.9. The Morgan fingerprint density at radius 3 is 2.30 bits per heavy atom. The van der Waals surface area contributed by atoms with E-state index in [1.165, 1.54) is 6.07 Å². The standard InChI is InChI=1S/C22H16BrF3O3S/c23-17-6-5-12-9-14(2-1-13(12)11-17)18-7-8-19(29-30(27,28)22(24,25)26)21-16-4-3-15(10-16)20(18)21/h1-2,5-9,11,15-16H,3-4,10H2. The summed E-state index contributed by atoms with van der Waals surface area (Å²) in [5.41, 5.74) is -2.02. The van der Waals surface area contributed by atoms with Crippen LogP contribution in [0.15, 0.2) is 53.0 Å². The lowest BCUT2D eigenvalue weighted by atomic mass is 9.85. The second-order valence-corrected chi connectivity index (χ2v) is 10.3. The minimum Gasteiger partial charge on any atom is -0.376 e. The summed E-state index contributed by atoms with van der Waals surface area (Å²) in [6.07, 6.45) is 2.59. The first-order chi connectivity index (χ1) is 14.1. The van der Waals surface area contributed by atoms with Gasteiger partial charge in [0.15, 0.2) is 0 Å². The van der Waals surface area contributed by atoms with Crippen LogP contribution in [-0.4, -0.2) is 13.9 Å². The van der Waals surface area contributed by atoms with Gasteiger partial charge in [0.2, 0.25) is 0 Å². The third-order valence-corrected chi connectivity index (χ3v) is 7.55. The molecule has 2 atom stereocenters. The van der Waals surface area contributed by atoms with Crippen LogP contribution in [0.5, 0.6) is 5.75 Å². The van der Waals surface area contributed by atoms with Crippen molar-refractivity contribution in [1.82, 2.24) is 0 Å². The number of benzene rings is 3. The molecule has 0 N–H and O–H groups in total. The molecule has 0 spiro atoms. The van der Waals surface area contributed by atoms with Crippen molar-refractivity contribution in [3.05, 3.63) is 64.1 Å². The van der Waals surface area contributed by atoms with Gasteiger partial charge in [0.05, 0.1) is 0 Å². The molecule has 156 valence electrons. The summed E-state index contributed by atoms with van der Waals surface area (Å²) in [4.78, 5) is 0. The lowest BCUT2D eigenvalue weighted by Crippen LogP contribution is -2.28. The van der Waals surface area contributed by atoms with Crippen molar-refractivity contribution in [3.8, 4) is 16.9 Å². The summed E-state index contributed by atoms with van der Waals surface area (Å²) in [5, 5.41) is 2.12. The fourth-order valence-corrected chi connectivity index (χ4v) is 5.71. The molecule has 3 aromatic rings. The zero-order valence-corrected chi connectivity index (χ0v) is 17.9. The monoisotopic (exact) mass is 496 g/mol. The second kappa shape index (κ2) is 6.72. The summed E-state index contributed by atoms with van der Waals surface area (Å²) in [5.74, 6) is 0.0422. The first-order valence-corrected chi connectivity index (χ1v) is 11.7. The van der Waals surface area contributed by atoms with Gasteiger partial charge in [-0.05, 0) is 82.8 Å². The molecule has 0 radical (unpaired) electrons. The Balaban J connectivity index is 1.65. The molecule has 2 aliphatic rings. The largest absolute Gasteiger partial charge is 0.534 e. The normalized spacial score (nSPS) is 20.5. The first kappa shape index (κ1) is 19.9. The van der Waals surface area contributed by atoms with E-state index in [9.17, 15) is 21.6 Å². The Bertz CT molecular complexity index is 1280. The average Bonchev–Trinajstić information content (AvgIpc) is 3.29. The van der Waals surface area contributed by atoms with E-state index >= 15 is 0 Å². The molecule has 2 unspecified atom stereocenters. The molecule has 2 aliphatic carbocycles. The number of hydrogen-bond acceptors (Lipinski definition) is 3. The number of rotatable bonds is 3. The SMILES string of the molecule is O=S(=O)(Oc1ccc(-c2ccc3cc(Br)ccc3c2)c2c1C1CCC2C1)C(F)(F)F. The van der Waals surface area contributed by atoms with Crippen molar-refractivity contribution in [2.75, 3.05) is 0 Å². The van der Waals surface area contributed by atoms with Crippen molar-refractivity contribution in [2.45, 2.75) is 36.6 Å². The molecule has 3 aromatic carbocycles. The highest BCUT2D eigenvalue weighted by molar-refractivity contribution is 9.10. The van der Waals surface area contributed by atoms with Crippen LogP contribution in [0.1, 0.15) is 42.2 Å². The Hall–Kier alpha value is -2.06. The zero-order valence-electron chi connectivity index (χ0n) is 15.5. The fraction of sp³-hybridized carbons (Fsp3) is 0.273. The summed E-state index contributed by atoms with van der Waals surface area (Å²) >= 11 is 3.46. The summed E-state index contributed by atoms with van der Waals surface area (Å²) in [7, 11) is -5.70. The lowest BCUT2D eigenvalue weighted by Gasteiger charge is -2.22. The van der Waals surface area contributed by atoms with Crippen molar-refractivity contribution >= 4 is 36.8 Å². The Labute approximate surface area is 180 Å². The van der Waals surface area contributed by atoms with Crippen LogP contribution >= 0.6 is 15.9 Å². The first-order valence-electron chi connectivity index (χ1n) is 9.51. The van der Waals surface area contributed by atoms with E-state index in [1.807, 2.05) is 30.3 Å². The van der Waals surface area contributed by atoms with Gasteiger partial charge in [-0.1, -0.05) is 40.2 Å². The molecule has 0 amide bonds.